The Balaban J connectivity index is 1.95. The highest BCUT2D eigenvalue weighted by atomic mass is 19.4. The number of halogens is 3. The molecule has 0 unspecified atom stereocenters. The fourth-order valence-electron chi connectivity index (χ4n) is 2.95. The van der Waals surface area contributed by atoms with Gasteiger partial charge in [-0.1, -0.05) is 32.1 Å². The average Bonchev–Trinajstić information content (AvgIpc) is 2.80. The minimum atomic E-state index is -4.54. The van der Waals surface area contributed by atoms with Crippen LogP contribution in [0.5, 0.6) is 0 Å². The van der Waals surface area contributed by atoms with Gasteiger partial charge in [0.1, 0.15) is 0 Å². The Labute approximate surface area is 120 Å². The van der Waals surface area contributed by atoms with Gasteiger partial charge in [-0.2, -0.15) is 22.8 Å². The van der Waals surface area contributed by atoms with Crippen LogP contribution in [0.1, 0.15) is 62.4 Å². The maximum atomic E-state index is 12.9. The van der Waals surface area contributed by atoms with Gasteiger partial charge in [0.2, 0.25) is 0 Å². The average molecular weight is 298 g/mol. The molecular formula is C14H17F3N4. The molecule has 21 heavy (non-hydrogen) atoms. The van der Waals surface area contributed by atoms with Crippen LogP contribution in [0.25, 0.3) is 5.65 Å². The molecule has 1 aliphatic rings. The Kier molecular flexibility index (Phi) is 3.82. The van der Waals surface area contributed by atoms with Crippen LogP contribution in [-0.4, -0.2) is 19.8 Å². The van der Waals surface area contributed by atoms with E-state index in [0.29, 0.717) is 0 Å². The molecule has 0 radical (unpaired) electrons. The van der Waals surface area contributed by atoms with E-state index in [1.807, 2.05) is 0 Å². The van der Waals surface area contributed by atoms with Crippen LogP contribution < -0.4 is 0 Å². The molecule has 114 valence electrons. The molecule has 0 spiro atoms. The highest BCUT2D eigenvalue weighted by Crippen LogP contribution is 2.31. The summed E-state index contributed by atoms with van der Waals surface area (Å²) < 4.78 is 39.5. The molecule has 0 aliphatic heterocycles. The summed E-state index contributed by atoms with van der Waals surface area (Å²) in [5.41, 5.74) is 0.853. The van der Waals surface area contributed by atoms with Crippen LogP contribution >= 0.6 is 0 Å². The molecule has 1 aliphatic carbocycles. The van der Waals surface area contributed by atoms with Gasteiger partial charge in [0.15, 0.2) is 5.65 Å². The van der Waals surface area contributed by atoms with E-state index in [1.165, 1.54) is 19.3 Å². The van der Waals surface area contributed by atoms with E-state index < -0.39 is 12.0 Å². The molecule has 0 atom stereocenters. The number of hydrogen-bond acceptors (Lipinski definition) is 3. The zero-order valence-electron chi connectivity index (χ0n) is 11.6. The predicted octanol–water partition coefficient (Wildman–Crippen LogP) is 3.97. The molecule has 0 N–H and O–H groups in total. The first-order valence-corrected chi connectivity index (χ1v) is 7.35. The molecule has 1 fully saturated rings. The lowest BCUT2D eigenvalue weighted by molar-refractivity contribution is -0.146. The number of rotatable bonds is 1. The first-order chi connectivity index (χ1) is 10.1. The molecule has 2 aromatic rings. The van der Waals surface area contributed by atoms with Gasteiger partial charge < -0.3 is 0 Å². The Morgan fingerprint density at radius 3 is 2.29 bits per heavy atom. The maximum Gasteiger partial charge on any atom is 0.453 e. The van der Waals surface area contributed by atoms with Gasteiger partial charge in [-0.05, 0) is 25.0 Å². The van der Waals surface area contributed by atoms with E-state index in [2.05, 4.69) is 15.3 Å². The van der Waals surface area contributed by atoms with Gasteiger partial charge in [0, 0.05) is 5.92 Å². The predicted molar refractivity (Wildman–Crippen MR) is 70.8 cm³/mol. The first kappa shape index (κ1) is 14.3. The van der Waals surface area contributed by atoms with Crippen molar-refractivity contribution < 1.29 is 13.2 Å². The molecule has 3 rings (SSSR count). The van der Waals surface area contributed by atoms with Crippen molar-refractivity contribution >= 4 is 5.65 Å². The summed E-state index contributed by atoms with van der Waals surface area (Å²) in [6, 6.07) is 3.36. The van der Waals surface area contributed by atoms with Crippen molar-refractivity contribution in [3.63, 3.8) is 0 Å². The van der Waals surface area contributed by atoms with Crippen molar-refractivity contribution in [1.82, 2.24) is 19.8 Å². The number of hydrogen-bond donors (Lipinski definition) is 0. The Bertz CT molecular complexity index is 612. The molecule has 4 nitrogen and oxygen atoms in total. The molecular weight excluding hydrogens is 281 g/mol. The van der Waals surface area contributed by atoms with Gasteiger partial charge in [0.25, 0.3) is 5.82 Å². The second-order valence-electron chi connectivity index (χ2n) is 5.59. The minimum absolute atomic E-state index is 0.136. The lowest BCUT2D eigenvalue weighted by atomic mass is 9.89. The summed E-state index contributed by atoms with van der Waals surface area (Å²) in [5, 5.41) is 10.9. The summed E-state index contributed by atoms with van der Waals surface area (Å²) in [6.45, 7) is 0. The van der Waals surface area contributed by atoms with Crippen LogP contribution in [0, 0.1) is 0 Å². The highest BCUT2D eigenvalue weighted by Gasteiger charge is 2.37. The Morgan fingerprint density at radius 2 is 1.62 bits per heavy atom. The fraction of sp³-hybridized carbons (Fsp3) is 0.643. The van der Waals surface area contributed by atoms with E-state index in [0.717, 1.165) is 35.9 Å². The quantitative estimate of drug-likeness (QED) is 0.800. The van der Waals surface area contributed by atoms with Crippen LogP contribution in [0.15, 0.2) is 12.1 Å². The lowest BCUT2D eigenvalue weighted by Crippen LogP contribution is -2.14. The fourth-order valence-corrected chi connectivity index (χ4v) is 2.95. The molecule has 1 saturated carbocycles. The van der Waals surface area contributed by atoms with E-state index in [1.54, 1.807) is 12.1 Å². The third-order valence-electron chi connectivity index (χ3n) is 4.06. The third-order valence-corrected chi connectivity index (χ3v) is 4.06. The molecule has 0 saturated heterocycles. The van der Waals surface area contributed by atoms with Crippen molar-refractivity contribution in [2.24, 2.45) is 0 Å². The monoisotopic (exact) mass is 298 g/mol. The molecule has 2 heterocycles. The van der Waals surface area contributed by atoms with Crippen LogP contribution in [-0.2, 0) is 6.18 Å². The third kappa shape index (κ3) is 3.01. The number of fused-ring (bicyclic) bond motifs is 1. The van der Waals surface area contributed by atoms with Crippen molar-refractivity contribution in [3.8, 4) is 0 Å². The second kappa shape index (κ2) is 5.61. The van der Waals surface area contributed by atoms with E-state index in [9.17, 15) is 13.2 Å². The normalized spacial score (nSPS) is 18.6. The maximum absolute atomic E-state index is 12.9. The molecule has 2 aromatic heterocycles. The van der Waals surface area contributed by atoms with Gasteiger partial charge in [0.05, 0.1) is 5.69 Å². The standard InChI is InChI=1S/C14H17F3N4/c15-14(16,17)13-19-18-12-9-8-11(20-21(12)13)10-6-4-2-1-3-5-7-10/h8-10H,1-7H2. The lowest BCUT2D eigenvalue weighted by Gasteiger charge is -2.19. The minimum Gasteiger partial charge on any atom is -0.189 e. The van der Waals surface area contributed by atoms with Crippen molar-refractivity contribution in [3.05, 3.63) is 23.7 Å². The van der Waals surface area contributed by atoms with Gasteiger partial charge in [-0.25, -0.2) is 0 Å². The van der Waals surface area contributed by atoms with Gasteiger partial charge in [-0.15, -0.1) is 10.2 Å². The summed E-state index contributed by atoms with van der Waals surface area (Å²) in [6.07, 6.45) is 3.30. The van der Waals surface area contributed by atoms with Crippen LogP contribution in [0.3, 0.4) is 0 Å². The zero-order valence-corrected chi connectivity index (χ0v) is 11.6. The van der Waals surface area contributed by atoms with Crippen LogP contribution in [0.2, 0.25) is 0 Å². The zero-order chi connectivity index (χ0) is 14.9. The summed E-state index contributed by atoms with van der Waals surface area (Å²) in [7, 11) is 0. The number of alkyl halides is 3. The second-order valence-corrected chi connectivity index (χ2v) is 5.59. The van der Waals surface area contributed by atoms with E-state index in [-0.39, 0.29) is 11.6 Å². The van der Waals surface area contributed by atoms with Crippen molar-refractivity contribution in [2.45, 2.75) is 57.0 Å². The van der Waals surface area contributed by atoms with E-state index >= 15 is 0 Å². The molecule has 0 amide bonds. The SMILES string of the molecule is FC(F)(F)c1nnc2ccc(C3CCCCCCC3)nn12. The summed E-state index contributed by atoms with van der Waals surface area (Å²) in [5.74, 6) is -0.816. The highest BCUT2D eigenvalue weighted by molar-refractivity contribution is 5.37. The van der Waals surface area contributed by atoms with Gasteiger partial charge in [-0.3, -0.25) is 0 Å². The Hall–Kier alpha value is -1.66. The van der Waals surface area contributed by atoms with E-state index in [4.69, 9.17) is 0 Å². The smallest absolute Gasteiger partial charge is 0.189 e. The molecule has 0 aromatic carbocycles. The molecule has 0 bridgehead atoms. The largest absolute Gasteiger partial charge is 0.453 e. The molecule has 7 heteroatoms. The first-order valence-electron chi connectivity index (χ1n) is 7.35. The topological polar surface area (TPSA) is 43.1 Å². The van der Waals surface area contributed by atoms with Crippen molar-refractivity contribution in [1.29, 1.82) is 0 Å². The van der Waals surface area contributed by atoms with Crippen LogP contribution in [0.4, 0.5) is 13.2 Å². The van der Waals surface area contributed by atoms with Crippen molar-refractivity contribution in [2.75, 3.05) is 0 Å². The Morgan fingerprint density at radius 1 is 0.952 bits per heavy atom. The number of nitrogens with zero attached hydrogens (tertiary/aromatic N) is 4. The number of aromatic nitrogens is 4. The summed E-state index contributed by atoms with van der Waals surface area (Å²) >= 11 is 0. The summed E-state index contributed by atoms with van der Waals surface area (Å²) in [4.78, 5) is 0. The van der Waals surface area contributed by atoms with Gasteiger partial charge >= 0.3 is 6.18 Å².